The minimum Gasteiger partial charge on any atom is -0.490 e. The van der Waals surface area contributed by atoms with Crippen molar-refractivity contribution in [1.29, 1.82) is 0 Å². The molecule has 42 heavy (non-hydrogen) atoms. The number of nitro groups is 1. The largest absolute Gasteiger partial charge is 0.490 e. The van der Waals surface area contributed by atoms with Crippen LogP contribution in [-0.4, -0.2) is 27.6 Å². The fraction of sp³-hybridized carbons (Fsp3) is 0.133. The van der Waals surface area contributed by atoms with E-state index >= 15 is 0 Å². The first-order chi connectivity index (χ1) is 20.0. The van der Waals surface area contributed by atoms with Crippen LogP contribution in [-0.2, 0) is 17.5 Å². The molecule has 0 aromatic heterocycles. The Balaban J connectivity index is 1.40. The van der Waals surface area contributed by atoms with E-state index in [0.29, 0.717) is 17.7 Å². The Morgan fingerprint density at radius 2 is 1.69 bits per heavy atom. The molecule has 12 heteroatoms. The second-order valence-electron chi connectivity index (χ2n) is 9.08. The molecule has 214 valence electrons. The molecule has 0 unspecified atom stereocenters. The Morgan fingerprint density at radius 3 is 2.43 bits per heavy atom. The molecule has 0 saturated carbocycles. The number of halogens is 3. The van der Waals surface area contributed by atoms with E-state index in [0.717, 1.165) is 34.2 Å². The fourth-order valence-corrected chi connectivity index (χ4v) is 5.23. The standard InChI is InChI=1S/C30H21F3N2O6S/c1-2-40-26-14-18(10-12-25(26)41-24-13-11-21(30(31,32)33)16-23(24)35(38)39)15-27-28(36)34(29(37)42-27)17-20-8-5-7-19-6-3-4-9-22(19)20/h3-16H,2,17H2,1H3/b27-15+. The van der Waals surface area contributed by atoms with Gasteiger partial charge < -0.3 is 9.47 Å². The van der Waals surface area contributed by atoms with Crippen LogP contribution in [0.2, 0.25) is 0 Å². The van der Waals surface area contributed by atoms with Crippen molar-refractivity contribution in [2.24, 2.45) is 0 Å². The van der Waals surface area contributed by atoms with Gasteiger partial charge in [-0.15, -0.1) is 0 Å². The van der Waals surface area contributed by atoms with E-state index in [1.165, 1.54) is 29.2 Å². The second kappa shape index (κ2) is 11.6. The summed E-state index contributed by atoms with van der Waals surface area (Å²) in [5.74, 6) is -0.718. The molecule has 1 aliphatic rings. The highest BCUT2D eigenvalue weighted by Gasteiger charge is 2.36. The molecule has 4 aromatic rings. The van der Waals surface area contributed by atoms with Gasteiger partial charge in [0.15, 0.2) is 11.5 Å². The summed E-state index contributed by atoms with van der Waals surface area (Å²) in [6.45, 7) is 1.97. The number of rotatable bonds is 8. The Morgan fingerprint density at radius 1 is 0.952 bits per heavy atom. The number of nitro benzene ring substituents is 1. The quantitative estimate of drug-likeness (QED) is 0.115. The average molecular weight is 595 g/mol. The highest BCUT2D eigenvalue weighted by molar-refractivity contribution is 8.18. The van der Waals surface area contributed by atoms with Crippen molar-refractivity contribution in [2.75, 3.05) is 6.61 Å². The van der Waals surface area contributed by atoms with Gasteiger partial charge >= 0.3 is 11.9 Å². The lowest BCUT2D eigenvalue weighted by atomic mass is 10.0. The molecule has 0 radical (unpaired) electrons. The zero-order valence-electron chi connectivity index (χ0n) is 21.9. The van der Waals surface area contributed by atoms with Gasteiger partial charge in [0.2, 0.25) is 5.75 Å². The predicted molar refractivity (Wildman–Crippen MR) is 151 cm³/mol. The van der Waals surface area contributed by atoms with Crippen LogP contribution < -0.4 is 9.47 Å². The fourth-order valence-electron chi connectivity index (χ4n) is 4.40. The molecule has 0 spiro atoms. The maximum absolute atomic E-state index is 13.2. The van der Waals surface area contributed by atoms with Crippen LogP contribution in [0.15, 0.2) is 83.8 Å². The highest BCUT2D eigenvalue weighted by Crippen LogP contribution is 2.41. The van der Waals surface area contributed by atoms with Gasteiger partial charge in [-0.3, -0.25) is 24.6 Å². The summed E-state index contributed by atoms with van der Waals surface area (Å²) in [5.41, 5.74) is -0.745. The van der Waals surface area contributed by atoms with Crippen molar-refractivity contribution in [1.82, 2.24) is 4.90 Å². The molecule has 1 fully saturated rings. The van der Waals surface area contributed by atoms with E-state index in [2.05, 4.69) is 0 Å². The number of amides is 2. The van der Waals surface area contributed by atoms with Crippen molar-refractivity contribution in [3.63, 3.8) is 0 Å². The van der Waals surface area contributed by atoms with Crippen LogP contribution in [0, 0.1) is 10.1 Å². The summed E-state index contributed by atoms with van der Waals surface area (Å²) in [6, 6.07) is 19.8. The zero-order valence-corrected chi connectivity index (χ0v) is 22.7. The van der Waals surface area contributed by atoms with Crippen LogP contribution >= 0.6 is 11.8 Å². The normalized spacial score (nSPS) is 14.6. The monoisotopic (exact) mass is 594 g/mol. The Labute approximate surface area is 241 Å². The summed E-state index contributed by atoms with van der Waals surface area (Å²) in [5, 5.41) is 13.0. The number of nitrogens with zero attached hydrogens (tertiary/aromatic N) is 2. The maximum Gasteiger partial charge on any atom is 0.416 e. The third-order valence-electron chi connectivity index (χ3n) is 6.35. The summed E-state index contributed by atoms with van der Waals surface area (Å²) in [4.78, 5) is 37.8. The first-order valence-electron chi connectivity index (χ1n) is 12.6. The average Bonchev–Trinajstić information content (AvgIpc) is 3.21. The van der Waals surface area contributed by atoms with E-state index in [-0.39, 0.29) is 29.6 Å². The molecule has 4 aromatic carbocycles. The molecule has 1 aliphatic heterocycles. The van der Waals surface area contributed by atoms with E-state index in [4.69, 9.17) is 9.47 Å². The van der Waals surface area contributed by atoms with E-state index in [9.17, 15) is 32.9 Å². The number of alkyl halides is 3. The van der Waals surface area contributed by atoms with Gasteiger partial charge in [-0.2, -0.15) is 13.2 Å². The Hall–Kier alpha value is -4.84. The smallest absolute Gasteiger partial charge is 0.416 e. The van der Waals surface area contributed by atoms with Crippen molar-refractivity contribution >= 4 is 45.4 Å². The van der Waals surface area contributed by atoms with Crippen LogP contribution in [0.4, 0.5) is 23.7 Å². The van der Waals surface area contributed by atoms with E-state index < -0.39 is 39.2 Å². The van der Waals surface area contributed by atoms with Gasteiger partial charge in [-0.1, -0.05) is 48.5 Å². The maximum atomic E-state index is 13.2. The topological polar surface area (TPSA) is 99.0 Å². The molecule has 0 N–H and O–H groups in total. The minimum atomic E-state index is -4.77. The number of carbonyl (C=O) groups excluding carboxylic acids is 2. The summed E-state index contributed by atoms with van der Waals surface area (Å²) < 4.78 is 50.4. The first-order valence-corrected chi connectivity index (χ1v) is 13.4. The van der Waals surface area contributed by atoms with Crippen molar-refractivity contribution in [2.45, 2.75) is 19.6 Å². The number of hydrogen-bond donors (Lipinski definition) is 0. The van der Waals surface area contributed by atoms with Gasteiger partial charge in [-0.05, 0) is 70.9 Å². The number of hydrogen-bond acceptors (Lipinski definition) is 7. The van der Waals surface area contributed by atoms with E-state index in [1.807, 2.05) is 42.5 Å². The number of imide groups is 1. The number of fused-ring (bicyclic) bond motifs is 1. The number of thioether (sulfide) groups is 1. The van der Waals surface area contributed by atoms with E-state index in [1.54, 1.807) is 6.92 Å². The molecule has 5 rings (SSSR count). The molecule has 1 saturated heterocycles. The summed E-state index contributed by atoms with van der Waals surface area (Å²) in [7, 11) is 0. The molecular weight excluding hydrogens is 573 g/mol. The van der Waals surface area contributed by atoms with Crippen molar-refractivity contribution in [3.8, 4) is 17.2 Å². The molecule has 2 amide bonds. The lowest BCUT2D eigenvalue weighted by Crippen LogP contribution is -2.27. The minimum absolute atomic E-state index is 0.0147. The SMILES string of the molecule is CCOc1cc(/C=C2/SC(=O)N(Cc3cccc4ccccc34)C2=O)ccc1Oc1ccc(C(F)(F)F)cc1[N+](=O)[O-]. The predicted octanol–water partition coefficient (Wildman–Crippen LogP) is 8.19. The highest BCUT2D eigenvalue weighted by atomic mass is 32.2. The number of ether oxygens (including phenoxy) is 2. The van der Waals surface area contributed by atoms with Crippen LogP contribution in [0.1, 0.15) is 23.6 Å². The van der Waals surface area contributed by atoms with Crippen LogP contribution in [0.25, 0.3) is 16.8 Å². The molecule has 8 nitrogen and oxygen atoms in total. The van der Waals surface area contributed by atoms with Crippen LogP contribution in [0.5, 0.6) is 17.2 Å². The third kappa shape index (κ3) is 5.93. The third-order valence-corrected chi connectivity index (χ3v) is 7.26. The number of carbonyl (C=O) groups is 2. The first kappa shape index (κ1) is 28.7. The van der Waals surface area contributed by atoms with Crippen molar-refractivity contribution in [3.05, 3.63) is 111 Å². The van der Waals surface area contributed by atoms with Crippen LogP contribution in [0.3, 0.4) is 0 Å². The lowest BCUT2D eigenvalue weighted by Gasteiger charge is -2.14. The molecule has 0 bridgehead atoms. The molecular formula is C30H21F3N2O6S. The summed E-state index contributed by atoms with van der Waals surface area (Å²) >= 11 is 0.795. The lowest BCUT2D eigenvalue weighted by molar-refractivity contribution is -0.385. The number of benzene rings is 4. The van der Waals surface area contributed by atoms with Gasteiger partial charge in [0.05, 0.1) is 28.5 Å². The van der Waals surface area contributed by atoms with Crippen molar-refractivity contribution < 1.29 is 37.2 Å². The second-order valence-corrected chi connectivity index (χ2v) is 10.1. The molecule has 0 aliphatic carbocycles. The Bertz CT molecular complexity index is 1750. The Kier molecular flexibility index (Phi) is 7.90. The zero-order chi connectivity index (χ0) is 30.0. The molecule has 0 atom stereocenters. The van der Waals surface area contributed by atoms with Gasteiger partial charge in [0, 0.05) is 6.07 Å². The van der Waals surface area contributed by atoms with Gasteiger partial charge in [0.1, 0.15) is 0 Å². The summed E-state index contributed by atoms with van der Waals surface area (Å²) in [6.07, 6.45) is -3.25. The van der Waals surface area contributed by atoms with Gasteiger partial charge in [0.25, 0.3) is 11.1 Å². The van der Waals surface area contributed by atoms with Gasteiger partial charge in [-0.25, -0.2) is 0 Å². The molecule has 1 heterocycles.